The molecule has 0 aromatic rings. The van der Waals surface area contributed by atoms with Gasteiger partial charge in [0.1, 0.15) is 0 Å². The molecular formula is C23H40N2O3. The van der Waals surface area contributed by atoms with Gasteiger partial charge in [0.15, 0.2) is 0 Å². The van der Waals surface area contributed by atoms with E-state index in [1.807, 2.05) is 40.7 Å². The van der Waals surface area contributed by atoms with E-state index in [1.165, 1.54) is 0 Å². The summed E-state index contributed by atoms with van der Waals surface area (Å²) >= 11 is 0. The second kappa shape index (κ2) is 14.8. The number of carboxylic acids is 1. The fourth-order valence-corrected chi connectivity index (χ4v) is 2.91. The van der Waals surface area contributed by atoms with Crippen molar-refractivity contribution < 1.29 is 14.7 Å². The Morgan fingerprint density at radius 1 is 1.18 bits per heavy atom. The molecule has 5 nitrogen and oxygen atoms in total. The van der Waals surface area contributed by atoms with Crippen molar-refractivity contribution >= 4 is 17.6 Å². The molecule has 1 fully saturated rings. The highest BCUT2D eigenvalue weighted by molar-refractivity contribution is 6.01. The van der Waals surface area contributed by atoms with Gasteiger partial charge in [-0.05, 0) is 32.1 Å². The van der Waals surface area contributed by atoms with Crippen molar-refractivity contribution in [3.8, 4) is 0 Å². The fraction of sp³-hybridized carbons (Fsp3) is 0.609. The third kappa shape index (κ3) is 8.68. The number of rotatable bonds is 6. The van der Waals surface area contributed by atoms with Crippen LogP contribution in [-0.4, -0.2) is 40.7 Å². The average Bonchev–Trinajstić information content (AvgIpc) is 2.72. The molecule has 0 spiro atoms. The molecule has 0 aromatic carbocycles. The Balaban J connectivity index is 0. The SMILES string of the molecule is C=C.C=C(C(=O)N1CC(C(=O)O)CC(C(C)C)C1)C(C)C(C)=N/C=C\C.CC. The first-order chi connectivity index (χ1) is 13.2. The zero-order valence-electron chi connectivity index (χ0n) is 18.9. The van der Waals surface area contributed by atoms with Crippen LogP contribution in [0, 0.1) is 23.7 Å². The molecule has 1 aliphatic heterocycles. The quantitative estimate of drug-likeness (QED) is 0.383. The van der Waals surface area contributed by atoms with Crippen LogP contribution in [0.2, 0.25) is 0 Å². The number of nitrogens with zero attached hydrogens (tertiary/aromatic N) is 2. The standard InChI is InChI=1S/C19H30N2O3.C2H6.C2H4/c1-7-8-20-15(6)13(4)14(5)18(22)21-10-16(12(2)3)9-17(11-21)19(23)24;2*1-2/h7-8,12-13,16-17H,5,9-11H2,1-4,6H3,(H,23,24);1-2H3;1-2H2/b8-7-,20-15?;;. The monoisotopic (exact) mass is 392 g/mol. The Morgan fingerprint density at radius 2 is 1.71 bits per heavy atom. The van der Waals surface area contributed by atoms with Gasteiger partial charge in [-0.2, -0.15) is 0 Å². The van der Waals surface area contributed by atoms with Crippen molar-refractivity contribution in [2.45, 2.75) is 54.9 Å². The van der Waals surface area contributed by atoms with Gasteiger partial charge in [-0.25, -0.2) is 0 Å². The Hall–Kier alpha value is -2.17. The number of aliphatic imine (C=N–C) groups is 1. The van der Waals surface area contributed by atoms with Crippen LogP contribution in [0.4, 0.5) is 0 Å². The van der Waals surface area contributed by atoms with Crippen molar-refractivity contribution in [2.24, 2.45) is 28.7 Å². The van der Waals surface area contributed by atoms with Gasteiger partial charge in [-0.1, -0.05) is 47.3 Å². The highest BCUT2D eigenvalue weighted by Gasteiger charge is 2.36. The lowest BCUT2D eigenvalue weighted by Gasteiger charge is -2.38. The average molecular weight is 393 g/mol. The van der Waals surface area contributed by atoms with Crippen molar-refractivity contribution in [3.05, 3.63) is 37.6 Å². The smallest absolute Gasteiger partial charge is 0.308 e. The zero-order valence-corrected chi connectivity index (χ0v) is 18.9. The number of likely N-dealkylation sites (tertiary alicyclic amines) is 1. The second-order valence-electron chi connectivity index (χ2n) is 6.98. The van der Waals surface area contributed by atoms with Crippen molar-refractivity contribution in [1.82, 2.24) is 4.90 Å². The molecular weight excluding hydrogens is 352 g/mol. The molecule has 3 unspecified atom stereocenters. The molecule has 28 heavy (non-hydrogen) atoms. The lowest BCUT2D eigenvalue weighted by Crippen LogP contribution is -2.48. The molecule has 1 N–H and O–H groups in total. The highest BCUT2D eigenvalue weighted by Crippen LogP contribution is 2.29. The molecule has 1 heterocycles. The van der Waals surface area contributed by atoms with Crippen LogP contribution >= 0.6 is 0 Å². The van der Waals surface area contributed by atoms with Gasteiger partial charge in [0.2, 0.25) is 5.91 Å². The van der Waals surface area contributed by atoms with Crippen molar-refractivity contribution in [3.63, 3.8) is 0 Å². The third-order valence-corrected chi connectivity index (χ3v) is 4.91. The number of carboxylic acid groups (broad SMARTS) is 1. The molecule has 1 aliphatic rings. The maximum Gasteiger partial charge on any atom is 0.308 e. The van der Waals surface area contributed by atoms with E-state index >= 15 is 0 Å². The second-order valence-corrected chi connectivity index (χ2v) is 6.98. The van der Waals surface area contributed by atoms with Gasteiger partial charge >= 0.3 is 5.97 Å². The summed E-state index contributed by atoms with van der Waals surface area (Å²) in [6, 6.07) is 0. The summed E-state index contributed by atoms with van der Waals surface area (Å²) in [6.07, 6.45) is 4.15. The van der Waals surface area contributed by atoms with E-state index in [1.54, 1.807) is 11.1 Å². The summed E-state index contributed by atoms with van der Waals surface area (Å²) in [4.78, 5) is 30.2. The Kier molecular flexibility index (Phi) is 14.9. The molecule has 1 amide bonds. The van der Waals surface area contributed by atoms with Crippen LogP contribution in [0.5, 0.6) is 0 Å². The van der Waals surface area contributed by atoms with Crippen LogP contribution in [0.3, 0.4) is 0 Å². The van der Waals surface area contributed by atoms with E-state index < -0.39 is 11.9 Å². The Morgan fingerprint density at radius 3 is 2.14 bits per heavy atom. The number of amides is 1. The van der Waals surface area contributed by atoms with Gasteiger partial charge in [0, 0.05) is 36.5 Å². The Labute approximate surface area is 171 Å². The van der Waals surface area contributed by atoms with Crippen LogP contribution < -0.4 is 0 Å². The van der Waals surface area contributed by atoms with Crippen molar-refractivity contribution in [2.75, 3.05) is 13.1 Å². The molecule has 0 aliphatic carbocycles. The summed E-state index contributed by atoms with van der Waals surface area (Å²) < 4.78 is 0. The van der Waals surface area contributed by atoms with Gasteiger partial charge in [0.25, 0.3) is 0 Å². The van der Waals surface area contributed by atoms with Gasteiger partial charge in [-0.3, -0.25) is 14.6 Å². The Bertz CT molecular complexity index is 564. The number of allylic oxidation sites excluding steroid dienone is 1. The molecule has 0 saturated carbocycles. The number of carbonyl (C=O) groups excluding carboxylic acids is 1. The zero-order chi connectivity index (χ0) is 22.4. The predicted octanol–water partition coefficient (Wildman–Crippen LogP) is 5.21. The van der Waals surface area contributed by atoms with E-state index in [0.29, 0.717) is 24.5 Å². The lowest BCUT2D eigenvalue weighted by molar-refractivity contribution is -0.146. The largest absolute Gasteiger partial charge is 0.481 e. The topological polar surface area (TPSA) is 70.0 Å². The third-order valence-electron chi connectivity index (χ3n) is 4.91. The maximum atomic E-state index is 12.8. The van der Waals surface area contributed by atoms with E-state index in [0.717, 1.165) is 5.71 Å². The predicted molar refractivity (Wildman–Crippen MR) is 119 cm³/mol. The number of piperidine rings is 1. The number of aliphatic carboxylic acids is 1. The minimum absolute atomic E-state index is 0.158. The molecule has 0 radical (unpaired) electrons. The summed E-state index contributed by atoms with van der Waals surface area (Å²) in [5, 5.41) is 9.38. The lowest BCUT2D eigenvalue weighted by atomic mass is 9.82. The van der Waals surface area contributed by atoms with Crippen molar-refractivity contribution in [1.29, 1.82) is 0 Å². The number of carbonyl (C=O) groups is 2. The molecule has 0 aromatic heterocycles. The van der Waals surface area contributed by atoms with Crippen LogP contribution in [-0.2, 0) is 9.59 Å². The first-order valence-electron chi connectivity index (χ1n) is 10.0. The summed E-state index contributed by atoms with van der Waals surface area (Å²) in [5.41, 5.74) is 1.29. The van der Waals surface area contributed by atoms with E-state index in [-0.39, 0.29) is 24.3 Å². The van der Waals surface area contributed by atoms with Gasteiger partial charge in [0.05, 0.1) is 5.92 Å². The van der Waals surface area contributed by atoms with E-state index in [2.05, 4.69) is 38.6 Å². The van der Waals surface area contributed by atoms with Gasteiger partial charge in [-0.15, -0.1) is 13.2 Å². The minimum atomic E-state index is -0.831. The van der Waals surface area contributed by atoms with Crippen LogP contribution in [0.15, 0.2) is 42.6 Å². The molecule has 1 rings (SSSR count). The summed E-state index contributed by atoms with van der Waals surface area (Å²) in [5.74, 6) is -1.13. The molecule has 0 bridgehead atoms. The fourth-order valence-electron chi connectivity index (χ4n) is 2.91. The highest BCUT2D eigenvalue weighted by atomic mass is 16.4. The molecule has 5 heteroatoms. The normalized spacial score (nSPS) is 20.6. The maximum absolute atomic E-state index is 12.8. The first-order valence-corrected chi connectivity index (χ1v) is 10.0. The number of hydrogen-bond donors (Lipinski definition) is 1. The molecule has 1 saturated heterocycles. The molecule has 160 valence electrons. The summed E-state index contributed by atoms with van der Waals surface area (Å²) in [7, 11) is 0. The van der Waals surface area contributed by atoms with E-state index in [4.69, 9.17) is 0 Å². The first kappa shape index (κ1) is 28.0. The van der Waals surface area contributed by atoms with Gasteiger partial charge < -0.3 is 10.0 Å². The summed E-state index contributed by atoms with van der Waals surface area (Å²) in [6.45, 7) is 24.6. The van der Waals surface area contributed by atoms with Crippen LogP contribution in [0.25, 0.3) is 0 Å². The van der Waals surface area contributed by atoms with E-state index in [9.17, 15) is 14.7 Å². The minimum Gasteiger partial charge on any atom is -0.481 e. The van der Waals surface area contributed by atoms with Crippen LogP contribution in [0.1, 0.15) is 54.9 Å². The number of hydrogen-bond acceptors (Lipinski definition) is 3. The molecule has 3 atom stereocenters.